The highest BCUT2D eigenvalue weighted by molar-refractivity contribution is 5.75. The molecule has 0 heteroatoms. The number of benzene rings is 1. The first-order valence-corrected chi connectivity index (χ1v) is 7.72. The zero-order chi connectivity index (χ0) is 14.6. The van der Waals surface area contributed by atoms with Gasteiger partial charge in [-0.25, -0.2) is 0 Å². The molecule has 0 nitrogen and oxygen atoms in total. The number of rotatable bonds is 4. The molecule has 1 atom stereocenters. The quantitative estimate of drug-likeness (QED) is 0.635. The van der Waals surface area contributed by atoms with Gasteiger partial charge < -0.3 is 0 Å². The maximum atomic E-state index is 2.38. The first kappa shape index (κ1) is 14.8. The van der Waals surface area contributed by atoms with Gasteiger partial charge in [-0.15, -0.1) is 0 Å². The third-order valence-corrected chi connectivity index (χ3v) is 4.87. The minimum absolute atomic E-state index is 0.270. The second kappa shape index (κ2) is 6.26. The van der Waals surface area contributed by atoms with E-state index < -0.39 is 0 Å². The molecule has 1 aliphatic rings. The Kier molecular flexibility index (Phi) is 4.65. The molecule has 0 bridgehead atoms. The third kappa shape index (κ3) is 2.95. The minimum Gasteiger partial charge on any atom is -0.0807 e. The van der Waals surface area contributed by atoms with E-state index in [0.29, 0.717) is 5.92 Å². The topological polar surface area (TPSA) is 0 Å². The van der Waals surface area contributed by atoms with Crippen molar-refractivity contribution < 1.29 is 0 Å². The third-order valence-electron chi connectivity index (χ3n) is 4.87. The van der Waals surface area contributed by atoms with Gasteiger partial charge in [0, 0.05) is 0 Å². The summed E-state index contributed by atoms with van der Waals surface area (Å²) in [6.45, 7) is 9.30. The van der Waals surface area contributed by atoms with E-state index in [4.69, 9.17) is 0 Å². The van der Waals surface area contributed by atoms with Gasteiger partial charge in [-0.1, -0.05) is 82.3 Å². The summed E-state index contributed by atoms with van der Waals surface area (Å²) in [7, 11) is 0. The van der Waals surface area contributed by atoms with Gasteiger partial charge in [0.2, 0.25) is 0 Å². The molecule has 20 heavy (non-hydrogen) atoms. The largest absolute Gasteiger partial charge is 0.0807 e. The van der Waals surface area contributed by atoms with Crippen molar-refractivity contribution in [3.63, 3.8) is 0 Å². The monoisotopic (exact) mass is 266 g/mol. The molecular weight excluding hydrogens is 240 g/mol. The molecule has 0 aliphatic heterocycles. The van der Waals surface area contributed by atoms with Gasteiger partial charge in [-0.3, -0.25) is 0 Å². The summed E-state index contributed by atoms with van der Waals surface area (Å²) < 4.78 is 0. The summed E-state index contributed by atoms with van der Waals surface area (Å²) in [6.07, 6.45) is 13.2. The average Bonchev–Trinajstić information content (AvgIpc) is 2.75. The van der Waals surface area contributed by atoms with Gasteiger partial charge in [-0.05, 0) is 40.9 Å². The van der Waals surface area contributed by atoms with Crippen molar-refractivity contribution in [1.29, 1.82) is 0 Å². The first-order chi connectivity index (χ1) is 9.58. The average molecular weight is 266 g/mol. The van der Waals surface area contributed by atoms with Crippen LogP contribution in [-0.2, 0) is 5.41 Å². The SMILES string of the molecule is CCC(C)(c1ccc(C2=CC=CCC=C2)cc1)C(C)C. The van der Waals surface area contributed by atoms with Crippen LogP contribution in [0.3, 0.4) is 0 Å². The Morgan fingerprint density at radius 3 is 2.40 bits per heavy atom. The van der Waals surface area contributed by atoms with E-state index in [2.05, 4.69) is 82.3 Å². The van der Waals surface area contributed by atoms with Crippen LogP contribution in [0.15, 0.2) is 54.6 Å². The van der Waals surface area contributed by atoms with E-state index in [1.807, 2.05) is 0 Å². The molecule has 0 saturated heterocycles. The van der Waals surface area contributed by atoms with Crippen LogP contribution >= 0.6 is 0 Å². The molecule has 0 N–H and O–H groups in total. The predicted octanol–water partition coefficient (Wildman–Crippen LogP) is 5.91. The van der Waals surface area contributed by atoms with Crippen LogP contribution < -0.4 is 0 Å². The zero-order valence-electron chi connectivity index (χ0n) is 13.2. The van der Waals surface area contributed by atoms with Crippen molar-refractivity contribution in [2.45, 2.75) is 46.0 Å². The van der Waals surface area contributed by atoms with Crippen molar-refractivity contribution in [3.05, 3.63) is 65.8 Å². The molecule has 0 spiro atoms. The van der Waals surface area contributed by atoms with E-state index in [-0.39, 0.29) is 5.41 Å². The molecule has 1 aliphatic carbocycles. The Labute approximate surface area is 123 Å². The Balaban J connectivity index is 2.31. The van der Waals surface area contributed by atoms with E-state index in [0.717, 1.165) is 6.42 Å². The maximum Gasteiger partial charge on any atom is -0.00549 e. The van der Waals surface area contributed by atoms with E-state index in [9.17, 15) is 0 Å². The highest BCUT2D eigenvalue weighted by atomic mass is 14.3. The molecule has 0 saturated carbocycles. The lowest BCUT2D eigenvalue weighted by atomic mass is 9.71. The van der Waals surface area contributed by atoms with Gasteiger partial charge in [0.15, 0.2) is 0 Å². The lowest BCUT2D eigenvalue weighted by molar-refractivity contribution is 0.326. The maximum absolute atomic E-state index is 2.38. The second-order valence-corrected chi connectivity index (χ2v) is 6.19. The summed E-state index contributed by atoms with van der Waals surface area (Å²) >= 11 is 0. The smallest absolute Gasteiger partial charge is 0.00549 e. The fraction of sp³-hybridized carbons (Fsp3) is 0.400. The van der Waals surface area contributed by atoms with Crippen molar-refractivity contribution >= 4 is 5.57 Å². The van der Waals surface area contributed by atoms with Crippen LogP contribution in [0, 0.1) is 5.92 Å². The number of hydrogen-bond acceptors (Lipinski definition) is 0. The van der Waals surface area contributed by atoms with Crippen LogP contribution in [0.25, 0.3) is 5.57 Å². The van der Waals surface area contributed by atoms with Crippen molar-refractivity contribution in [2.24, 2.45) is 5.92 Å². The Morgan fingerprint density at radius 2 is 1.80 bits per heavy atom. The fourth-order valence-corrected chi connectivity index (χ4v) is 2.76. The predicted molar refractivity (Wildman–Crippen MR) is 89.8 cm³/mol. The van der Waals surface area contributed by atoms with Crippen LogP contribution in [-0.4, -0.2) is 0 Å². The Hall–Kier alpha value is -1.56. The molecule has 0 aromatic heterocycles. The lowest BCUT2D eigenvalue weighted by Gasteiger charge is -2.33. The molecule has 0 heterocycles. The Morgan fingerprint density at radius 1 is 1.10 bits per heavy atom. The van der Waals surface area contributed by atoms with Gasteiger partial charge >= 0.3 is 0 Å². The Bertz CT molecular complexity index is 526. The highest BCUT2D eigenvalue weighted by Gasteiger charge is 2.28. The normalized spacial score (nSPS) is 17.8. The fourth-order valence-electron chi connectivity index (χ4n) is 2.76. The molecule has 0 amide bonds. The van der Waals surface area contributed by atoms with E-state index in [1.165, 1.54) is 23.1 Å². The molecule has 0 fully saturated rings. The zero-order valence-corrected chi connectivity index (χ0v) is 13.2. The molecule has 1 unspecified atom stereocenters. The number of allylic oxidation sites excluding steroid dienone is 6. The summed E-state index contributed by atoms with van der Waals surface area (Å²) in [5, 5.41) is 0. The summed E-state index contributed by atoms with van der Waals surface area (Å²) in [5.74, 6) is 0.651. The van der Waals surface area contributed by atoms with Crippen molar-refractivity contribution in [3.8, 4) is 0 Å². The van der Waals surface area contributed by atoms with E-state index in [1.54, 1.807) is 0 Å². The van der Waals surface area contributed by atoms with Crippen LogP contribution in [0.2, 0.25) is 0 Å². The summed E-state index contributed by atoms with van der Waals surface area (Å²) in [4.78, 5) is 0. The second-order valence-electron chi connectivity index (χ2n) is 6.19. The van der Waals surface area contributed by atoms with E-state index >= 15 is 0 Å². The van der Waals surface area contributed by atoms with Crippen LogP contribution in [0.5, 0.6) is 0 Å². The lowest BCUT2D eigenvalue weighted by Crippen LogP contribution is -2.27. The standard InChI is InChI=1S/C20H26/c1-5-20(4,16(2)3)19-14-12-18(13-15-19)17-10-8-6-7-9-11-17/h6,8-16H,5,7H2,1-4H3. The van der Waals surface area contributed by atoms with Crippen LogP contribution in [0.4, 0.5) is 0 Å². The number of hydrogen-bond donors (Lipinski definition) is 0. The molecule has 2 rings (SSSR count). The van der Waals surface area contributed by atoms with Crippen molar-refractivity contribution in [2.75, 3.05) is 0 Å². The summed E-state index contributed by atoms with van der Waals surface area (Å²) in [5.41, 5.74) is 4.32. The molecular formula is C20H26. The van der Waals surface area contributed by atoms with Gasteiger partial charge in [0.25, 0.3) is 0 Å². The molecule has 106 valence electrons. The van der Waals surface area contributed by atoms with Gasteiger partial charge in [0.1, 0.15) is 0 Å². The van der Waals surface area contributed by atoms with Gasteiger partial charge in [-0.2, -0.15) is 0 Å². The van der Waals surface area contributed by atoms with Crippen LogP contribution in [0.1, 0.15) is 51.7 Å². The molecule has 0 radical (unpaired) electrons. The van der Waals surface area contributed by atoms with Gasteiger partial charge in [0.05, 0.1) is 0 Å². The molecule has 1 aromatic rings. The first-order valence-electron chi connectivity index (χ1n) is 7.72. The highest BCUT2D eigenvalue weighted by Crippen LogP contribution is 2.35. The summed E-state index contributed by atoms with van der Waals surface area (Å²) in [6, 6.07) is 9.14. The minimum atomic E-state index is 0.270. The van der Waals surface area contributed by atoms with Crippen molar-refractivity contribution in [1.82, 2.24) is 0 Å². The molecule has 1 aromatic carbocycles.